The molecule has 0 atom stereocenters. The summed E-state index contributed by atoms with van der Waals surface area (Å²) in [4.78, 5) is 28.5. The summed E-state index contributed by atoms with van der Waals surface area (Å²) >= 11 is 0.681. The number of halogens is 7. The van der Waals surface area contributed by atoms with Gasteiger partial charge in [0.15, 0.2) is 6.61 Å². The van der Waals surface area contributed by atoms with Gasteiger partial charge in [-0.05, 0) is 0 Å². The Morgan fingerprint density at radius 3 is 2.41 bits per heavy atom. The number of nitrogens with zero attached hydrogens (tertiary/aromatic N) is 2. The van der Waals surface area contributed by atoms with E-state index in [1.54, 1.807) is 0 Å². The molecule has 7 nitrogen and oxygen atoms in total. The molecule has 1 N–H and O–H groups in total. The number of carbonyl (C=O) groups excluding carboxylic acids is 2. The van der Waals surface area contributed by atoms with Crippen molar-refractivity contribution >= 4 is 33.6 Å². The van der Waals surface area contributed by atoms with Crippen LogP contribution < -0.4 is 10.1 Å². The summed E-state index contributed by atoms with van der Waals surface area (Å²) in [5, 5.41) is 3.52. The molecule has 1 aliphatic rings. The van der Waals surface area contributed by atoms with Gasteiger partial charge >= 0.3 is 18.4 Å². The van der Waals surface area contributed by atoms with Crippen LogP contribution in [0.15, 0.2) is 11.4 Å². The van der Waals surface area contributed by atoms with Crippen LogP contribution in [-0.4, -0.2) is 67.1 Å². The van der Waals surface area contributed by atoms with E-state index in [1.165, 1.54) is 12.4 Å². The number of piperidine rings is 1. The number of nitrogens with one attached hydrogen (secondary N) is 1. The second-order valence-corrected chi connectivity index (χ2v) is 8.39. The van der Waals surface area contributed by atoms with Crippen LogP contribution in [0.5, 0.6) is 5.88 Å². The van der Waals surface area contributed by atoms with Crippen LogP contribution in [0.3, 0.4) is 0 Å². The molecule has 0 radical (unpaired) electrons. The molecule has 0 unspecified atom stereocenters. The van der Waals surface area contributed by atoms with Gasteiger partial charge in [-0.2, -0.15) is 26.3 Å². The average Bonchev–Trinajstić information content (AvgIpc) is 3.18. The van der Waals surface area contributed by atoms with E-state index < -0.39 is 54.7 Å². The second-order valence-electron chi connectivity index (χ2n) is 7.51. The van der Waals surface area contributed by atoms with E-state index in [0.717, 1.165) is 4.90 Å². The van der Waals surface area contributed by atoms with Gasteiger partial charge in [0.2, 0.25) is 5.88 Å². The van der Waals surface area contributed by atoms with E-state index in [1.807, 2.05) is 0 Å². The van der Waals surface area contributed by atoms with Crippen LogP contribution in [0.25, 0.3) is 10.2 Å². The Hall–Kier alpha value is -2.84. The molecule has 0 aliphatic carbocycles. The maximum atomic E-state index is 15.1. The zero-order valence-corrected chi connectivity index (χ0v) is 18.3. The monoisotopic (exact) mass is 517 g/mol. The molecule has 0 spiro atoms. The summed E-state index contributed by atoms with van der Waals surface area (Å²) in [7, 11) is 1.30. The minimum absolute atomic E-state index is 0.0981. The molecule has 0 aromatic carbocycles. The van der Waals surface area contributed by atoms with Crippen molar-refractivity contribution in [3.05, 3.63) is 22.6 Å². The number of fused-ring (bicyclic) bond motifs is 1. The fourth-order valence-electron chi connectivity index (χ4n) is 3.24. The molecular formula is C19H18F7N3O4S. The quantitative estimate of drug-likeness (QED) is 0.589. The second kappa shape index (κ2) is 9.43. The lowest BCUT2D eigenvalue weighted by Crippen LogP contribution is -2.47. The third-order valence-electron chi connectivity index (χ3n) is 5.03. The number of pyridine rings is 1. The molecule has 0 saturated carbocycles. The lowest BCUT2D eigenvalue weighted by molar-refractivity contribution is -0.163. The Labute approximate surface area is 191 Å². The van der Waals surface area contributed by atoms with Crippen molar-refractivity contribution in [1.29, 1.82) is 0 Å². The van der Waals surface area contributed by atoms with Crippen molar-refractivity contribution < 1.29 is 49.8 Å². The van der Waals surface area contributed by atoms with Gasteiger partial charge in [0.05, 0.1) is 21.3 Å². The van der Waals surface area contributed by atoms with E-state index in [2.05, 4.69) is 15.0 Å². The maximum absolute atomic E-state index is 15.1. The first-order valence-corrected chi connectivity index (χ1v) is 10.6. The molecule has 3 rings (SSSR count). The van der Waals surface area contributed by atoms with Crippen molar-refractivity contribution in [1.82, 2.24) is 15.2 Å². The predicted molar refractivity (Wildman–Crippen MR) is 106 cm³/mol. The fraction of sp³-hybridized carbons (Fsp3) is 0.526. The number of hydrogen-bond donors (Lipinski definition) is 1. The van der Waals surface area contributed by atoms with Crippen molar-refractivity contribution in [2.75, 3.05) is 33.4 Å². The Morgan fingerprint density at radius 1 is 1.21 bits per heavy atom. The smallest absolute Gasteiger partial charge is 0.422 e. The summed E-state index contributed by atoms with van der Waals surface area (Å²) in [6.45, 7) is -3.04. The van der Waals surface area contributed by atoms with E-state index in [-0.39, 0.29) is 41.7 Å². The highest BCUT2D eigenvalue weighted by Gasteiger charge is 2.40. The number of alkyl halides is 7. The van der Waals surface area contributed by atoms with Gasteiger partial charge in [-0.1, -0.05) is 0 Å². The molecule has 2 aromatic heterocycles. The summed E-state index contributed by atoms with van der Waals surface area (Å²) < 4.78 is 101. The standard InChI is InChI=1S/C19H18F7N3O4S/c1-27-15(30)10-7-34-14-11(19(24,25)26)6-12(28-13(10)14)32-8-17(20)2-4-29(5-3-17)16(31)33-9-18(21,22)23/h6-7H,2-5,8-9H2,1H3,(H,27,30). The Morgan fingerprint density at radius 2 is 1.85 bits per heavy atom. The molecule has 34 heavy (non-hydrogen) atoms. The molecule has 1 saturated heterocycles. The average molecular weight is 517 g/mol. The third-order valence-corrected chi connectivity index (χ3v) is 6.03. The van der Waals surface area contributed by atoms with Crippen LogP contribution in [0, 0.1) is 0 Å². The van der Waals surface area contributed by atoms with Gasteiger partial charge in [-0.15, -0.1) is 11.3 Å². The zero-order valence-electron chi connectivity index (χ0n) is 17.5. The number of amides is 2. The number of likely N-dealkylation sites (tertiary alicyclic amines) is 1. The van der Waals surface area contributed by atoms with Gasteiger partial charge in [-0.3, -0.25) is 4.79 Å². The highest BCUT2D eigenvalue weighted by atomic mass is 32.1. The van der Waals surface area contributed by atoms with Crippen molar-refractivity contribution in [2.45, 2.75) is 30.9 Å². The molecular weight excluding hydrogens is 499 g/mol. The zero-order chi connectivity index (χ0) is 25.3. The SMILES string of the molecule is CNC(=O)c1csc2c(C(F)(F)F)cc(OCC3(F)CCN(C(=O)OCC(F)(F)F)CC3)nc12. The number of rotatable bonds is 5. The minimum atomic E-state index is -4.79. The molecule has 1 aliphatic heterocycles. The van der Waals surface area contributed by atoms with Gasteiger partial charge in [-0.25, -0.2) is 14.2 Å². The lowest BCUT2D eigenvalue weighted by Gasteiger charge is -2.35. The summed E-state index contributed by atoms with van der Waals surface area (Å²) in [5.74, 6) is -1.21. The molecule has 0 bridgehead atoms. The Bertz CT molecular complexity index is 1060. The van der Waals surface area contributed by atoms with Crippen LogP contribution in [0.4, 0.5) is 35.5 Å². The van der Waals surface area contributed by atoms with E-state index >= 15 is 4.39 Å². The molecule has 2 aromatic rings. The largest absolute Gasteiger partial charge is 0.474 e. The molecule has 3 heterocycles. The third kappa shape index (κ3) is 5.98. The van der Waals surface area contributed by atoms with Gasteiger partial charge in [0.1, 0.15) is 12.3 Å². The summed E-state index contributed by atoms with van der Waals surface area (Å²) in [6.07, 6.45) is -11.4. The van der Waals surface area contributed by atoms with Gasteiger partial charge in [0.25, 0.3) is 5.91 Å². The number of ether oxygens (including phenoxy) is 2. The van der Waals surface area contributed by atoms with Crippen LogP contribution >= 0.6 is 11.3 Å². The van der Waals surface area contributed by atoms with Gasteiger partial charge < -0.3 is 19.7 Å². The van der Waals surface area contributed by atoms with E-state index in [4.69, 9.17) is 4.74 Å². The van der Waals surface area contributed by atoms with Crippen molar-refractivity contribution in [3.63, 3.8) is 0 Å². The Balaban J connectivity index is 1.71. The Kier molecular flexibility index (Phi) is 7.15. The van der Waals surface area contributed by atoms with E-state index in [9.17, 15) is 35.9 Å². The topological polar surface area (TPSA) is 80.8 Å². The molecule has 15 heteroatoms. The first-order valence-electron chi connectivity index (χ1n) is 9.74. The number of carbonyl (C=O) groups is 2. The molecule has 1 fully saturated rings. The number of thiophene rings is 1. The van der Waals surface area contributed by atoms with Gasteiger partial charge in [0, 0.05) is 44.4 Å². The highest BCUT2D eigenvalue weighted by Crippen LogP contribution is 2.40. The van der Waals surface area contributed by atoms with Crippen LogP contribution in [0.2, 0.25) is 0 Å². The number of aromatic nitrogens is 1. The highest BCUT2D eigenvalue weighted by molar-refractivity contribution is 7.17. The number of hydrogen-bond acceptors (Lipinski definition) is 6. The van der Waals surface area contributed by atoms with Crippen LogP contribution in [0.1, 0.15) is 28.8 Å². The lowest BCUT2D eigenvalue weighted by atomic mass is 9.94. The van der Waals surface area contributed by atoms with Crippen molar-refractivity contribution in [3.8, 4) is 5.88 Å². The minimum Gasteiger partial charge on any atom is -0.474 e. The first kappa shape index (κ1) is 25.8. The molecule has 2 amide bonds. The summed E-state index contributed by atoms with van der Waals surface area (Å²) in [6, 6.07) is 0.611. The maximum Gasteiger partial charge on any atom is 0.422 e. The molecule has 188 valence electrons. The predicted octanol–water partition coefficient (Wildman–Crippen LogP) is 4.56. The summed E-state index contributed by atoms with van der Waals surface area (Å²) in [5.41, 5.74) is -3.51. The first-order chi connectivity index (χ1) is 15.7. The van der Waals surface area contributed by atoms with Crippen molar-refractivity contribution in [2.24, 2.45) is 0 Å². The van der Waals surface area contributed by atoms with Crippen LogP contribution in [-0.2, 0) is 10.9 Å². The normalized spacial score (nSPS) is 16.4. The van der Waals surface area contributed by atoms with E-state index in [0.29, 0.717) is 17.4 Å². The fourth-order valence-corrected chi connectivity index (χ4v) is 4.26.